The molecule has 3 aromatic heterocycles. The van der Waals surface area contributed by atoms with Crippen LogP contribution in [0.1, 0.15) is 37.3 Å². The number of esters is 1. The number of benzene rings is 1. The van der Waals surface area contributed by atoms with Gasteiger partial charge in [-0.3, -0.25) is 27.5 Å². The van der Waals surface area contributed by atoms with Crippen LogP contribution in [-0.4, -0.2) is 111 Å². The topological polar surface area (TPSA) is 347 Å². The minimum atomic E-state index is -5.22. The summed E-state index contributed by atoms with van der Waals surface area (Å²) in [5.74, 6) is -1.56. The van der Waals surface area contributed by atoms with Crippen LogP contribution < -0.4 is 22.5 Å². The van der Waals surface area contributed by atoms with Crippen molar-refractivity contribution in [2.24, 2.45) is 0 Å². The van der Waals surface area contributed by atoms with E-state index in [-0.39, 0.29) is 42.1 Å². The van der Waals surface area contributed by atoms with Gasteiger partial charge in [-0.25, -0.2) is 33.7 Å². The van der Waals surface area contributed by atoms with Gasteiger partial charge in [0, 0.05) is 29.0 Å². The number of nitrogens with one attached hydrogen (secondary N) is 1. The van der Waals surface area contributed by atoms with Gasteiger partial charge < -0.3 is 50.8 Å². The van der Waals surface area contributed by atoms with E-state index in [2.05, 4.69) is 58.9 Å². The fourth-order valence-electron chi connectivity index (χ4n) is 6.40. The Morgan fingerprint density at radius 2 is 1.82 bits per heavy atom. The number of ether oxygens (including phenoxy) is 3. The van der Waals surface area contributed by atoms with Gasteiger partial charge in [0.2, 0.25) is 5.91 Å². The molecule has 324 valence electrons. The number of aliphatic hydroxyl groups is 1. The highest BCUT2D eigenvalue weighted by molar-refractivity contribution is 14.1. The van der Waals surface area contributed by atoms with E-state index in [1.54, 1.807) is 24.3 Å². The number of aromatic nitrogens is 6. The number of fused-ring (bicyclic) bond motifs is 1. The van der Waals surface area contributed by atoms with Crippen LogP contribution >= 0.6 is 38.2 Å². The lowest BCUT2D eigenvalue weighted by atomic mass is 10.0. The number of phosphoric ester groups is 2. The van der Waals surface area contributed by atoms with Crippen LogP contribution in [0.25, 0.3) is 11.2 Å². The maximum Gasteiger partial charge on any atom is 0.472 e. The number of phosphoric acid groups is 2. The second-order valence-electron chi connectivity index (χ2n) is 13.4. The number of allylic oxidation sites excluding steroid dienone is 1. The van der Waals surface area contributed by atoms with Crippen molar-refractivity contribution in [2.75, 3.05) is 24.7 Å². The van der Waals surface area contributed by atoms with E-state index in [4.69, 9.17) is 34.7 Å². The number of hydrogen-bond acceptors (Lipinski definition) is 18. The Labute approximate surface area is 353 Å². The number of nitrogens with zero attached hydrogens (tertiary/aromatic N) is 6. The van der Waals surface area contributed by atoms with E-state index in [1.807, 2.05) is 6.07 Å². The van der Waals surface area contributed by atoms with E-state index in [0.717, 1.165) is 14.5 Å². The number of aliphatic hydroxyl groups excluding tert-OH is 1. The number of nitrogen functional groups attached to an aromatic ring is 2. The Bertz CT molecular complexity index is 2370. The number of nitrogens with two attached hydrogens (primary N) is 2. The van der Waals surface area contributed by atoms with Crippen molar-refractivity contribution in [3.63, 3.8) is 0 Å². The molecule has 9 atom stereocenters. The van der Waals surface area contributed by atoms with Crippen molar-refractivity contribution in [1.82, 2.24) is 34.4 Å². The molecule has 2 saturated heterocycles. The summed E-state index contributed by atoms with van der Waals surface area (Å²) >= 11 is 2.08. The second kappa shape index (κ2) is 19.2. The van der Waals surface area contributed by atoms with Crippen LogP contribution in [0.5, 0.6) is 0 Å². The molecule has 6 rings (SSSR count). The number of carbonyl (C=O) groups is 2. The molecule has 2 fully saturated rings. The number of imidazole rings is 1. The van der Waals surface area contributed by atoms with Crippen LogP contribution in [0.15, 0.2) is 66.6 Å². The zero-order valence-corrected chi connectivity index (χ0v) is 35.1. The average molecular weight is 992 g/mol. The molecule has 0 spiro atoms. The molecule has 60 heavy (non-hydrogen) atoms. The summed E-state index contributed by atoms with van der Waals surface area (Å²) in [5, 5.41) is 14.4. The Morgan fingerprint density at radius 1 is 1.07 bits per heavy atom. The normalized spacial score (nSPS) is 24.5. The Morgan fingerprint density at radius 3 is 2.53 bits per heavy atom. The molecule has 0 radical (unpaired) electrons. The van der Waals surface area contributed by atoms with Crippen LogP contribution in [0, 0.1) is 3.57 Å². The monoisotopic (exact) mass is 991 g/mol. The number of rotatable bonds is 18. The molecule has 2 unspecified atom stereocenters. The molecule has 27 heteroatoms. The first-order chi connectivity index (χ1) is 28.4. The lowest BCUT2D eigenvalue weighted by Gasteiger charge is -2.26. The predicted octanol–water partition coefficient (Wildman–Crippen LogP) is 0.615. The van der Waals surface area contributed by atoms with Crippen LogP contribution in [-0.2, 0) is 52.9 Å². The van der Waals surface area contributed by atoms with Gasteiger partial charge in [-0.2, -0.15) is 4.98 Å². The smallest absolute Gasteiger partial charge is 0.455 e. The molecule has 24 nitrogen and oxygen atoms in total. The van der Waals surface area contributed by atoms with Crippen LogP contribution in [0.2, 0.25) is 0 Å². The van der Waals surface area contributed by atoms with E-state index < -0.39 is 95.4 Å². The Balaban J connectivity index is 1.24. The summed E-state index contributed by atoms with van der Waals surface area (Å²) in [5.41, 5.74) is 11.6. The first-order valence-electron chi connectivity index (χ1n) is 17.9. The lowest BCUT2D eigenvalue weighted by molar-refractivity contribution is -0.160. The van der Waals surface area contributed by atoms with Crippen molar-refractivity contribution in [3.8, 4) is 0 Å². The van der Waals surface area contributed by atoms with E-state index in [1.165, 1.54) is 23.2 Å². The van der Waals surface area contributed by atoms with Gasteiger partial charge in [-0.15, -0.1) is 6.58 Å². The SMILES string of the molecule is C=CCCC(=O)NC(Cc1ccccc1I)C(=O)O[C@H]1[C@@H](O)[C@H](n2cnc3c(N)ncnc32)O[C@@H]1COP(=O)(O)O[C@H]1C[C@H](n2ccc(N)nc2=O)O[C@H]1COP(=O)(O)O. The van der Waals surface area contributed by atoms with Crippen LogP contribution in [0.3, 0.4) is 0 Å². The fraction of sp³-hybridized carbons (Fsp3) is 0.424. The molecule has 1 amide bonds. The first-order valence-corrected chi connectivity index (χ1v) is 22.0. The predicted molar refractivity (Wildman–Crippen MR) is 214 cm³/mol. The number of anilines is 2. The minimum absolute atomic E-state index is 0.00994. The number of halogens is 1. The molecule has 5 heterocycles. The number of hydrogen-bond donors (Lipinski definition) is 7. The van der Waals surface area contributed by atoms with Gasteiger partial charge >= 0.3 is 27.3 Å². The standard InChI is InChI=1S/C33H40IN9O15P2/c1-2-3-8-24(44)40-19(11-17-6-4-5-7-18(17)34)32(46)57-28-22(56-31(27(28)45)43-16-39-26-29(36)37-15-38-30(26)43)14-54-60(51,52)58-20-12-25(42-10-9-23(35)41-33(42)47)55-21(20)13-53-59(48,49)50/h2,4-7,9-10,15-16,19-22,25,27-28,31,45H,1,3,8,11-14H2,(H,40,44)(H,51,52)(H2,35,41,47)(H2,36,37,38)(H2,48,49,50)/t19?,20-,21-,22+,25+,27+,28+,31+/m0/s1. The third kappa shape index (κ3) is 11.2. The zero-order chi connectivity index (χ0) is 43.4. The average Bonchev–Trinajstić information content (AvgIpc) is 3.88. The van der Waals surface area contributed by atoms with Gasteiger partial charge in [-0.05, 0) is 46.7 Å². The number of amides is 1. The van der Waals surface area contributed by atoms with Gasteiger partial charge in [-0.1, -0.05) is 24.3 Å². The summed E-state index contributed by atoms with van der Waals surface area (Å²) in [7, 11) is -10.3. The second-order valence-corrected chi connectivity index (χ2v) is 17.2. The lowest BCUT2D eigenvalue weighted by Crippen LogP contribution is -2.47. The molecule has 2 aliphatic heterocycles. The minimum Gasteiger partial charge on any atom is -0.455 e. The fourth-order valence-corrected chi connectivity index (χ4v) is 8.30. The third-order valence-electron chi connectivity index (χ3n) is 9.22. The summed E-state index contributed by atoms with van der Waals surface area (Å²) in [6.07, 6.45) is -5.24. The highest BCUT2D eigenvalue weighted by Crippen LogP contribution is 2.50. The van der Waals surface area contributed by atoms with E-state index in [9.17, 15) is 43.3 Å². The third-order valence-corrected chi connectivity index (χ3v) is 11.8. The molecule has 1 aromatic carbocycles. The zero-order valence-electron chi connectivity index (χ0n) is 31.2. The van der Waals surface area contributed by atoms with E-state index in [0.29, 0.717) is 12.0 Å². The summed E-state index contributed by atoms with van der Waals surface area (Å²) in [4.78, 5) is 84.8. The van der Waals surface area contributed by atoms with Crippen molar-refractivity contribution in [2.45, 2.75) is 74.7 Å². The van der Waals surface area contributed by atoms with Gasteiger partial charge in [0.05, 0.1) is 19.5 Å². The molecular formula is C33H40IN9O15P2. The first kappa shape index (κ1) is 45.3. The molecule has 0 aliphatic carbocycles. The molecule has 9 N–H and O–H groups in total. The van der Waals surface area contributed by atoms with E-state index >= 15 is 0 Å². The van der Waals surface area contributed by atoms with Gasteiger partial charge in [0.15, 0.2) is 23.8 Å². The molecule has 0 saturated carbocycles. The highest BCUT2D eigenvalue weighted by Gasteiger charge is 2.50. The largest absolute Gasteiger partial charge is 0.472 e. The maximum atomic E-state index is 14.0. The molecule has 2 aliphatic rings. The van der Waals surface area contributed by atoms with Crippen molar-refractivity contribution >= 4 is 72.9 Å². The van der Waals surface area contributed by atoms with Crippen LogP contribution in [0.4, 0.5) is 11.6 Å². The van der Waals surface area contributed by atoms with Crippen molar-refractivity contribution in [1.29, 1.82) is 0 Å². The quantitative estimate of drug-likeness (QED) is 0.0311. The van der Waals surface area contributed by atoms with Crippen molar-refractivity contribution in [3.05, 3.63) is 81.5 Å². The molecule has 0 bridgehead atoms. The van der Waals surface area contributed by atoms with Crippen molar-refractivity contribution < 1.29 is 66.3 Å². The summed E-state index contributed by atoms with van der Waals surface area (Å²) in [6, 6.07) is 7.14. The summed E-state index contributed by atoms with van der Waals surface area (Å²) in [6.45, 7) is 1.89. The highest BCUT2D eigenvalue weighted by atomic mass is 127. The summed E-state index contributed by atoms with van der Waals surface area (Å²) < 4.78 is 61.1. The number of carbonyl (C=O) groups excluding carboxylic acids is 2. The molecule has 4 aromatic rings. The molecular weight excluding hydrogens is 951 g/mol. The van der Waals surface area contributed by atoms with Gasteiger partial charge in [0.25, 0.3) is 0 Å². The maximum absolute atomic E-state index is 14.0. The Kier molecular flexibility index (Phi) is 14.5. The van der Waals surface area contributed by atoms with Gasteiger partial charge in [0.1, 0.15) is 54.3 Å². The Hall–Kier alpha value is -4.24.